The maximum absolute atomic E-state index is 2.41. The Kier molecular flexibility index (Phi) is 10.4. The van der Waals surface area contributed by atoms with E-state index in [0.717, 1.165) is 16.4 Å². The van der Waals surface area contributed by atoms with Crippen LogP contribution in [0.5, 0.6) is 0 Å². The predicted octanol–water partition coefficient (Wildman–Crippen LogP) is 5.28. The van der Waals surface area contributed by atoms with Crippen LogP contribution >= 0.6 is 23.5 Å². The van der Waals surface area contributed by atoms with Gasteiger partial charge in [0.25, 0.3) is 0 Å². The van der Waals surface area contributed by atoms with Crippen LogP contribution < -0.4 is 0 Å². The molecule has 0 aliphatic carbocycles. The van der Waals surface area contributed by atoms with Crippen LogP contribution in [0, 0.1) is 11.8 Å². The highest BCUT2D eigenvalue weighted by molar-refractivity contribution is 8.16. The van der Waals surface area contributed by atoms with Gasteiger partial charge in [0.1, 0.15) is 0 Å². The number of hydrogen-bond donors (Lipinski definition) is 0. The molecule has 15 heavy (non-hydrogen) atoms. The molecule has 0 aromatic rings. The molecule has 0 saturated carbocycles. The second kappa shape index (κ2) is 9.89. The van der Waals surface area contributed by atoms with Gasteiger partial charge in [0.05, 0.1) is 0 Å². The number of thioether (sulfide) groups is 2. The van der Waals surface area contributed by atoms with Crippen LogP contribution in [0.4, 0.5) is 0 Å². The molecule has 0 heterocycles. The van der Waals surface area contributed by atoms with E-state index in [1.807, 2.05) is 23.5 Å². The standard InChI is InChI=1S/C13H28S2/c1-11(2)7-6-8-12(3)9-10-13(14-4)15-5/h11-13H,6-10H2,1-5H3. The Bertz CT molecular complexity index is 130. The predicted molar refractivity (Wildman–Crippen MR) is 77.9 cm³/mol. The Morgan fingerprint density at radius 2 is 1.40 bits per heavy atom. The van der Waals surface area contributed by atoms with Crippen LogP contribution in [0.1, 0.15) is 52.9 Å². The fourth-order valence-electron chi connectivity index (χ4n) is 1.77. The van der Waals surface area contributed by atoms with Gasteiger partial charge in [-0.1, -0.05) is 40.0 Å². The van der Waals surface area contributed by atoms with Crippen LogP contribution in [-0.2, 0) is 0 Å². The van der Waals surface area contributed by atoms with Gasteiger partial charge >= 0.3 is 0 Å². The third-order valence-electron chi connectivity index (χ3n) is 2.90. The molecule has 0 rings (SSSR count). The van der Waals surface area contributed by atoms with Gasteiger partial charge < -0.3 is 0 Å². The molecule has 1 atom stereocenters. The first kappa shape index (κ1) is 15.7. The smallest absolute Gasteiger partial charge is 0.0497 e. The van der Waals surface area contributed by atoms with E-state index in [1.165, 1.54) is 32.1 Å². The van der Waals surface area contributed by atoms with E-state index in [0.29, 0.717) is 0 Å². The van der Waals surface area contributed by atoms with E-state index >= 15 is 0 Å². The van der Waals surface area contributed by atoms with Crippen molar-refractivity contribution in [3.05, 3.63) is 0 Å². The Hall–Kier alpha value is 0.700. The summed E-state index contributed by atoms with van der Waals surface area (Å²) in [5.41, 5.74) is 0. The molecular weight excluding hydrogens is 220 g/mol. The van der Waals surface area contributed by atoms with Gasteiger partial charge in [0.15, 0.2) is 0 Å². The molecule has 0 amide bonds. The highest BCUT2D eigenvalue weighted by Crippen LogP contribution is 2.26. The molecule has 0 saturated heterocycles. The van der Waals surface area contributed by atoms with E-state index in [1.54, 1.807) is 0 Å². The minimum absolute atomic E-state index is 0.817. The summed E-state index contributed by atoms with van der Waals surface area (Å²) in [4.78, 5) is 0. The summed E-state index contributed by atoms with van der Waals surface area (Å²) in [5.74, 6) is 1.80. The molecule has 1 unspecified atom stereocenters. The first-order valence-electron chi connectivity index (χ1n) is 6.15. The van der Waals surface area contributed by atoms with Crippen molar-refractivity contribution in [2.45, 2.75) is 57.5 Å². The van der Waals surface area contributed by atoms with E-state index in [-0.39, 0.29) is 0 Å². The van der Waals surface area contributed by atoms with Crippen molar-refractivity contribution < 1.29 is 0 Å². The molecule has 0 fully saturated rings. The topological polar surface area (TPSA) is 0 Å². The lowest BCUT2D eigenvalue weighted by Gasteiger charge is -2.16. The summed E-state index contributed by atoms with van der Waals surface area (Å²) < 4.78 is 0.817. The molecule has 2 heteroatoms. The molecule has 0 bridgehead atoms. The molecule has 0 aliphatic rings. The van der Waals surface area contributed by atoms with Crippen molar-refractivity contribution in [3.8, 4) is 0 Å². The lowest BCUT2D eigenvalue weighted by atomic mass is 9.96. The van der Waals surface area contributed by atoms with E-state index in [9.17, 15) is 0 Å². The van der Waals surface area contributed by atoms with Crippen molar-refractivity contribution >= 4 is 23.5 Å². The summed E-state index contributed by atoms with van der Waals surface area (Å²) in [7, 11) is 0. The van der Waals surface area contributed by atoms with Crippen LogP contribution in [0.15, 0.2) is 0 Å². The maximum atomic E-state index is 2.41. The molecule has 0 spiro atoms. The van der Waals surface area contributed by atoms with Crippen LogP contribution in [0.2, 0.25) is 0 Å². The second-order valence-electron chi connectivity index (χ2n) is 4.91. The van der Waals surface area contributed by atoms with Crippen molar-refractivity contribution in [3.63, 3.8) is 0 Å². The summed E-state index contributed by atoms with van der Waals surface area (Å²) in [6.45, 7) is 7.06. The summed E-state index contributed by atoms with van der Waals surface area (Å²) in [6, 6.07) is 0. The average Bonchev–Trinajstić information content (AvgIpc) is 2.18. The van der Waals surface area contributed by atoms with Gasteiger partial charge in [-0.05, 0) is 37.2 Å². The highest BCUT2D eigenvalue weighted by atomic mass is 32.2. The Labute approximate surface area is 105 Å². The number of rotatable bonds is 9. The molecular formula is C13H28S2. The molecule has 0 aliphatic heterocycles. The zero-order valence-electron chi connectivity index (χ0n) is 11.1. The largest absolute Gasteiger partial charge is 0.151 e. The molecule has 0 aromatic heterocycles. The van der Waals surface area contributed by atoms with Crippen molar-refractivity contribution in [1.29, 1.82) is 0 Å². The Morgan fingerprint density at radius 1 is 0.800 bits per heavy atom. The van der Waals surface area contributed by atoms with Crippen molar-refractivity contribution in [2.24, 2.45) is 11.8 Å². The van der Waals surface area contributed by atoms with E-state index < -0.39 is 0 Å². The zero-order valence-corrected chi connectivity index (χ0v) is 12.7. The molecule has 0 aromatic carbocycles. The minimum atomic E-state index is 0.817. The normalized spacial score (nSPS) is 13.8. The average molecular weight is 249 g/mol. The third kappa shape index (κ3) is 9.62. The van der Waals surface area contributed by atoms with Crippen molar-refractivity contribution in [1.82, 2.24) is 0 Å². The van der Waals surface area contributed by atoms with Crippen LogP contribution in [0.3, 0.4) is 0 Å². The molecule has 0 radical (unpaired) electrons. The Morgan fingerprint density at radius 3 is 1.87 bits per heavy atom. The fourth-order valence-corrected chi connectivity index (χ4v) is 3.28. The lowest BCUT2D eigenvalue weighted by molar-refractivity contribution is 0.432. The van der Waals surface area contributed by atoms with Gasteiger partial charge in [-0.2, -0.15) is 23.5 Å². The highest BCUT2D eigenvalue weighted by Gasteiger charge is 2.08. The van der Waals surface area contributed by atoms with Crippen molar-refractivity contribution in [2.75, 3.05) is 12.5 Å². The molecule has 92 valence electrons. The molecule has 0 nitrogen and oxygen atoms in total. The first-order chi connectivity index (χ1) is 7.10. The van der Waals surface area contributed by atoms with Crippen LogP contribution in [-0.4, -0.2) is 17.1 Å². The zero-order chi connectivity index (χ0) is 11.7. The van der Waals surface area contributed by atoms with Gasteiger partial charge in [-0.15, -0.1) is 0 Å². The fraction of sp³-hybridized carbons (Fsp3) is 1.00. The van der Waals surface area contributed by atoms with Gasteiger partial charge in [-0.3, -0.25) is 0 Å². The SMILES string of the molecule is CSC(CCC(C)CCCC(C)C)SC. The van der Waals surface area contributed by atoms with Gasteiger partial charge in [0, 0.05) is 4.58 Å². The number of hydrogen-bond acceptors (Lipinski definition) is 2. The van der Waals surface area contributed by atoms with Gasteiger partial charge in [-0.25, -0.2) is 0 Å². The summed E-state index contributed by atoms with van der Waals surface area (Å²) in [5, 5.41) is 0. The van der Waals surface area contributed by atoms with E-state index in [2.05, 4.69) is 33.3 Å². The van der Waals surface area contributed by atoms with Gasteiger partial charge in [0.2, 0.25) is 0 Å². The van der Waals surface area contributed by atoms with E-state index in [4.69, 9.17) is 0 Å². The monoisotopic (exact) mass is 248 g/mol. The maximum Gasteiger partial charge on any atom is 0.0497 e. The Balaban J connectivity index is 3.43. The minimum Gasteiger partial charge on any atom is -0.151 e. The lowest BCUT2D eigenvalue weighted by Crippen LogP contribution is -2.02. The summed E-state index contributed by atoms with van der Waals surface area (Å²) in [6.07, 6.45) is 11.5. The summed E-state index contributed by atoms with van der Waals surface area (Å²) >= 11 is 4.01. The quantitative estimate of drug-likeness (QED) is 0.509. The first-order valence-corrected chi connectivity index (χ1v) is 8.73. The molecule has 0 N–H and O–H groups in total. The third-order valence-corrected chi connectivity index (χ3v) is 5.58. The second-order valence-corrected chi connectivity index (χ2v) is 7.29. The van der Waals surface area contributed by atoms with Crippen LogP contribution in [0.25, 0.3) is 0 Å².